The summed E-state index contributed by atoms with van der Waals surface area (Å²) in [5, 5.41) is 3.40. The molecule has 1 N–H and O–H groups in total. The third kappa shape index (κ3) is 3.24. The van der Waals surface area contributed by atoms with E-state index in [-0.39, 0.29) is 5.82 Å². The molecule has 0 unspecified atom stereocenters. The monoisotopic (exact) mass is 285 g/mol. The van der Waals surface area contributed by atoms with Gasteiger partial charge in [-0.2, -0.15) is 0 Å². The van der Waals surface area contributed by atoms with Crippen molar-refractivity contribution < 1.29 is 9.13 Å². The van der Waals surface area contributed by atoms with E-state index in [1.807, 2.05) is 37.3 Å². The SMILES string of the molecule is COc1ccc(-c2ccc(CNC3CC3)cc2F)c(C)c1. The van der Waals surface area contributed by atoms with Crippen LogP contribution >= 0.6 is 0 Å². The Morgan fingerprint density at radius 3 is 2.52 bits per heavy atom. The second kappa shape index (κ2) is 5.86. The fourth-order valence-electron chi connectivity index (χ4n) is 2.50. The summed E-state index contributed by atoms with van der Waals surface area (Å²) in [7, 11) is 1.64. The van der Waals surface area contributed by atoms with E-state index in [1.165, 1.54) is 12.8 Å². The summed E-state index contributed by atoms with van der Waals surface area (Å²) in [6, 6.07) is 11.8. The number of nitrogens with one attached hydrogen (secondary N) is 1. The van der Waals surface area contributed by atoms with Gasteiger partial charge < -0.3 is 10.1 Å². The normalized spacial score (nSPS) is 14.2. The van der Waals surface area contributed by atoms with Crippen molar-refractivity contribution in [2.75, 3.05) is 7.11 Å². The van der Waals surface area contributed by atoms with Crippen LogP contribution in [0, 0.1) is 12.7 Å². The molecule has 2 aromatic carbocycles. The minimum absolute atomic E-state index is 0.168. The van der Waals surface area contributed by atoms with Crippen molar-refractivity contribution in [3.05, 3.63) is 53.3 Å². The molecule has 110 valence electrons. The summed E-state index contributed by atoms with van der Waals surface area (Å²) < 4.78 is 19.6. The highest BCUT2D eigenvalue weighted by Crippen LogP contribution is 2.29. The predicted octanol–water partition coefficient (Wildman–Crippen LogP) is 4.06. The van der Waals surface area contributed by atoms with Gasteiger partial charge in [-0.1, -0.05) is 18.2 Å². The van der Waals surface area contributed by atoms with Crippen LogP contribution in [-0.2, 0) is 6.54 Å². The predicted molar refractivity (Wildman–Crippen MR) is 83.0 cm³/mol. The van der Waals surface area contributed by atoms with Crippen LogP contribution in [-0.4, -0.2) is 13.2 Å². The lowest BCUT2D eigenvalue weighted by Gasteiger charge is -2.11. The molecule has 2 nitrogen and oxygen atoms in total. The topological polar surface area (TPSA) is 21.3 Å². The Morgan fingerprint density at radius 1 is 1.14 bits per heavy atom. The van der Waals surface area contributed by atoms with Crippen LogP contribution in [0.4, 0.5) is 4.39 Å². The van der Waals surface area contributed by atoms with Gasteiger partial charge in [0.15, 0.2) is 0 Å². The standard InChI is InChI=1S/C18H20FNO/c1-12-9-15(21-2)6-8-16(12)17-7-3-13(10-18(17)19)11-20-14-4-5-14/h3,6-10,14,20H,4-5,11H2,1-2H3. The molecule has 0 aliphatic heterocycles. The number of halogens is 1. The Labute approximate surface area is 125 Å². The lowest BCUT2D eigenvalue weighted by Crippen LogP contribution is -2.15. The highest BCUT2D eigenvalue weighted by Gasteiger charge is 2.20. The molecule has 1 aliphatic rings. The molecule has 3 rings (SSSR count). The number of benzene rings is 2. The van der Waals surface area contributed by atoms with Gasteiger partial charge in [-0.15, -0.1) is 0 Å². The Bertz CT molecular complexity index is 650. The molecule has 0 atom stereocenters. The second-order valence-corrected chi connectivity index (χ2v) is 5.65. The Balaban J connectivity index is 1.84. The fraction of sp³-hybridized carbons (Fsp3) is 0.333. The van der Waals surface area contributed by atoms with Crippen LogP contribution in [0.5, 0.6) is 5.75 Å². The van der Waals surface area contributed by atoms with Crippen molar-refractivity contribution in [2.45, 2.75) is 32.4 Å². The zero-order valence-corrected chi connectivity index (χ0v) is 12.4. The average Bonchev–Trinajstić information content (AvgIpc) is 3.30. The number of aryl methyl sites for hydroxylation is 1. The molecule has 1 fully saturated rings. The summed E-state index contributed by atoms with van der Waals surface area (Å²) in [6.07, 6.45) is 2.48. The largest absolute Gasteiger partial charge is 0.497 e. The zero-order chi connectivity index (χ0) is 14.8. The van der Waals surface area contributed by atoms with Gasteiger partial charge in [0.25, 0.3) is 0 Å². The quantitative estimate of drug-likeness (QED) is 0.894. The van der Waals surface area contributed by atoms with Crippen LogP contribution in [0.2, 0.25) is 0 Å². The first kappa shape index (κ1) is 14.1. The van der Waals surface area contributed by atoms with E-state index < -0.39 is 0 Å². The maximum Gasteiger partial charge on any atom is 0.131 e. The molecular weight excluding hydrogens is 265 g/mol. The fourth-order valence-corrected chi connectivity index (χ4v) is 2.50. The molecule has 1 saturated carbocycles. The van der Waals surface area contributed by atoms with E-state index >= 15 is 0 Å². The molecule has 1 aliphatic carbocycles. The van der Waals surface area contributed by atoms with Crippen molar-refractivity contribution in [3.63, 3.8) is 0 Å². The second-order valence-electron chi connectivity index (χ2n) is 5.65. The molecule has 0 spiro atoms. The molecule has 0 aromatic heterocycles. The molecule has 0 radical (unpaired) electrons. The number of hydrogen-bond acceptors (Lipinski definition) is 2. The van der Waals surface area contributed by atoms with Gasteiger partial charge in [0.1, 0.15) is 11.6 Å². The van der Waals surface area contributed by atoms with Crippen LogP contribution in [0.1, 0.15) is 24.0 Å². The van der Waals surface area contributed by atoms with Crippen molar-refractivity contribution in [2.24, 2.45) is 0 Å². The third-order valence-electron chi connectivity index (χ3n) is 3.93. The van der Waals surface area contributed by atoms with E-state index in [9.17, 15) is 4.39 Å². The lowest BCUT2D eigenvalue weighted by molar-refractivity contribution is 0.414. The molecule has 2 aromatic rings. The van der Waals surface area contributed by atoms with E-state index in [1.54, 1.807) is 13.2 Å². The molecule has 0 amide bonds. The summed E-state index contributed by atoms with van der Waals surface area (Å²) in [5.74, 6) is 0.625. The van der Waals surface area contributed by atoms with Gasteiger partial charge in [-0.3, -0.25) is 0 Å². The molecule has 21 heavy (non-hydrogen) atoms. The first-order valence-electron chi connectivity index (χ1n) is 7.34. The highest BCUT2D eigenvalue weighted by atomic mass is 19.1. The smallest absolute Gasteiger partial charge is 0.131 e. The molecule has 3 heteroatoms. The first-order valence-corrected chi connectivity index (χ1v) is 7.34. The van der Waals surface area contributed by atoms with Crippen molar-refractivity contribution in [3.8, 4) is 16.9 Å². The van der Waals surface area contributed by atoms with Crippen molar-refractivity contribution in [1.82, 2.24) is 5.32 Å². The Morgan fingerprint density at radius 2 is 1.90 bits per heavy atom. The van der Waals surface area contributed by atoms with E-state index in [4.69, 9.17) is 4.74 Å². The number of methoxy groups -OCH3 is 1. The highest BCUT2D eigenvalue weighted by molar-refractivity contribution is 5.69. The number of hydrogen-bond donors (Lipinski definition) is 1. The number of rotatable bonds is 5. The van der Waals surface area contributed by atoms with Gasteiger partial charge in [-0.25, -0.2) is 4.39 Å². The first-order chi connectivity index (χ1) is 10.2. The molecule has 0 heterocycles. The van der Waals surface area contributed by atoms with Crippen LogP contribution in [0.15, 0.2) is 36.4 Å². The summed E-state index contributed by atoms with van der Waals surface area (Å²) >= 11 is 0. The average molecular weight is 285 g/mol. The van der Waals surface area contributed by atoms with Crippen LogP contribution < -0.4 is 10.1 Å². The van der Waals surface area contributed by atoms with Crippen LogP contribution in [0.3, 0.4) is 0 Å². The maximum absolute atomic E-state index is 14.4. The van der Waals surface area contributed by atoms with E-state index in [0.717, 1.165) is 29.0 Å². The van der Waals surface area contributed by atoms with Crippen LogP contribution in [0.25, 0.3) is 11.1 Å². The van der Waals surface area contributed by atoms with Gasteiger partial charge in [0.2, 0.25) is 0 Å². The van der Waals surface area contributed by atoms with Gasteiger partial charge in [0.05, 0.1) is 7.11 Å². The third-order valence-corrected chi connectivity index (χ3v) is 3.93. The van der Waals surface area contributed by atoms with Crippen molar-refractivity contribution in [1.29, 1.82) is 0 Å². The van der Waals surface area contributed by atoms with E-state index in [0.29, 0.717) is 11.6 Å². The summed E-state index contributed by atoms with van der Waals surface area (Å²) in [4.78, 5) is 0. The molecular formula is C18H20FNO. The molecule has 0 bridgehead atoms. The van der Waals surface area contributed by atoms with Gasteiger partial charge in [0, 0.05) is 18.2 Å². The minimum Gasteiger partial charge on any atom is -0.497 e. The maximum atomic E-state index is 14.4. The minimum atomic E-state index is -0.168. The molecule has 0 saturated heterocycles. The zero-order valence-electron chi connectivity index (χ0n) is 12.4. The summed E-state index contributed by atoms with van der Waals surface area (Å²) in [5.41, 5.74) is 3.56. The van der Waals surface area contributed by atoms with Gasteiger partial charge >= 0.3 is 0 Å². The Hall–Kier alpha value is -1.87. The Kier molecular flexibility index (Phi) is 3.93. The van der Waals surface area contributed by atoms with E-state index in [2.05, 4.69) is 5.32 Å². The summed E-state index contributed by atoms with van der Waals surface area (Å²) in [6.45, 7) is 2.71. The number of ether oxygens (including phenoxy) is 1. The van der Waals surface area contributed by atoms with Gasteiger partial charge in [-0.05, 0) is 54.7 Å². The lowest BCUT2D eigenvalue weighted by atomic mass is 9.98. The van der Waals surface area contributed by atoms with Crippen molar-refractivity contribution >= 4 is 0 Å².